The van der Waals surface area contributed by atoms with Crippen molar-refractivity contribution in [1.29, 1.82) is 0 Å². The zero-order valence-electron chi connectivity index (χ0n) is 13.0. The number of carbonyl (C=O) groups is 3. The molecule has 130 valence electrons. The first-order chi connectivity index (χ1) is 11.9. The SMILES string of the molecule is O=C(COC(=O)CCC(=O)c1ccc(Br)cc1)Nc1ccc(Cl)cn1. The fourth-order valence-corrected chi connectivity index (χ4v) is 2.22. The van der Waals surface area contributed by atoms with Gasteiger partial charge < -0.3 is 10.1 Å². The van der Waals surface area contributed by atoms with Crippen LogP contribution >= 0.6 is 27.5 Å². The minimum atomic E-state index is -0.621. The zero-order chi connectivity index (χ0) is 18.2. The van der Waals surface area contributed by atoms with Crippen molar-refractivity contribution in [1.82, 2.24) is 4.98 Å². The Morgan fingerprint density at radius 1 is 1.08 bits per heavy atom. The first-order valence-electron chi connectivity index (χ1n) is 7.30. The summed E-state index contributed by atoms with van der Waals surface area (Å²) < 4.78 is 5.71. The molecule has 1 aromatic carbocycles. The lowest BCUT2D eigenvalue weighted by molar-refractivity contribution is -0.147. The van der Waals surface area contributed by atoms with Crippen LogP contribution in [-0.4, -0.2) is 29.3 Å². The zero-order valence-corrected chi connectivity index (χ0v) is 15.3. The van der Waals surface area contributed by atoms with Gasteiger partial charge in [0.25, 0.3) is 5.91 Å². The lowest BCUT2D eigenvalue weighted by Crippen LogP contribution is -2.21. The Morgan fingerprint density at radius 3 is 2.44 bits per heavy atom. The molecule has 0 aliphatic heterocycles. The van der Waals surface area contributed by atoms with Crippen LogP contribution < -0.4 is 5.32 Å². The van der Waals surface area contributed by atoms with Gasteiger partial charge in [0.1, 0.15) is 5.82 Å². The maximum absolute atomic E-state index is 11.9. The summed E-state index contributed by atoms with van der Waals surface area (Å²) in [5.41, 5.74) is 0.516. The quantitative estimate of drug-likeness (QED) is 0.541. The molecule has 1 aromatic heterocycles. The number of ether oxygens (including phenoxy) is 1. The Labute approximate surface area is 157 Å². The molecule has 0 atom stereocenters. The number of halogens is 2. The van der Waals surface area contributed by atoms with Crippen LogP contribution in [0.25, 0.3) is 0 Å². The Bertz CT molecular complexity index is 763. The van der Waals surface area contributed by atoms with E-state index in [1.54, 1.807) is 30.3 Å². The molecule has 6 nitrogen and oxygen atoms in total. The second-order valence-corrected chi connectivity index (χ2v) is 6.35. The van der Waals surface area contributed by atoms with Gasteiger partial charge in [-0.2, -0.15) is 0 Å². The third-order valence-corrected chi connectivity index (χ3v) is 3.83. The van der Waals surface area contributed by atoms with Crippen molar-refractivity contribution in [3.63, 3.8) is 0 Å². The van der Waals surface area contributed by atoms with E-state index >= 15 is 0 Å². The molecule has 0 aliphatic carbocycles. The van der Waals surface area contributed by atoms with Gasteiger partial charge in [0.2, 0.25) is 0 Å². The average Bonchev–Trinajstić information content (AvgIpc) is 2.60. The topological polar surface area (TPSA) is 85.4 Å². The summed E-state index contributed by atoms with van der Waals surface area (Å²) in [6, 6.07) is 9.94. The van der Waals surface area contributed by atoms with E-state index in [4.69, 9.17) is 16.3 Å². The number of ketones is 1. The Kier molecular flexibility index (Phi) is 7.09. The molecule has 1 heterocycles. The fourth-order valence-electron chi connectivity index (χ4n) is 1.84. The van der Waals surface area contributed by atoms with Gasteiger partial charge in [0.05, 0.1) is 11.4 Å². The summed E-state index contributed by atoms with van der Waals surface area (Å²) in [5.74, 6) is -1.01. The molecule has 2 rings (SSSR count). The number of hydrogen-bond donors (Lipinski definition) is 1. The van der Waals surface area contributed by atoms with E-state index in [0.29, 0.717) is 16.4 Å². The third kappa shape index (κ3) is 6.64. The molecule has 1 amide bonds. The van der Waals surface area contributed by atoms with Gasteiger partial charge in [-0.15, -0.1) is 0 Å². The van der Waals surface area contributed by atoms with Gasteiger partial charge in [-0.05, 0) is 24.3 Å². The number of pyridine rings is 1. The summed E-state index contributed by atoms with van der Waals surface area (Å²) in [6.07, 6.45) is 1.30. The van der Waals surface area contributed by atoms with E-state index in [-0.39, 0.29) is 18.6 Å². The van der Waals surface area contributed by atoms with Gasteiger partial charge in [-0.3, -0.25) is 14.4 Å². The van der Waals surface area contributed by atoms with Gasteiger partial charge in [0.15, 0.2) is 12.4 Å². The summed E-state index contributed by atoms with van der Waals surface area (Å²) in [4.78, 5) is 39.1. The summed E-state index contributed by atoms with van der Waals surface area (Å²) in [5, 5.41) is 2.91. The van der Waals surface area contributed by atoms with Crippen LogP contribution in [0.2, 0.25) is 5.02 Å². The normalized spacial score (nSPS) is 10.2. The second-order valence-electron chi connectivity index (χ2n) is 5.00. The second kappa shape index (κ2) is 9.29. The van der Waals surface area contributed by atoms with Crippen molar-refractivity contribution >= 4 is 51.0 Å². The van der Waals surface area contributed by atoms with Crippen molar-refractivity contribution in [2.75, 3.05) is 11.9 Å². The van der Waals surface area contributed by atoms with Crippen molar-refractivity contribution < 1.29 is 19.1 Å². The van der Waals surface area contributed by atoms with E-state index in [1.165, 1.54) is 12.3 Å². The number of hydrogen-bond acceptors (Lipinski definition) is 5. The number of Topliss-reactive ketones (excluding diaryl/α,β-unsaturated/α-hetero) is 1. The van der Waals surface area contributed by atoms with Crippen LogP contribution in [0.4, 0.5) is 5.82 Å². The predicted molar refractivity (Wildman–Crippen MR) is 96.5 cm³/mol. The number of esters is 1. The van der Waals surface area contributed by atoms with Gasteiger partial charge in [-0.1, -0.05) is 39.7 Å². The molecule has 0 fully saturated rings. The number of amides is 1. The predicted octanol–water partition coefficient (Wildman–Crippen LogP) is 3.64. The van der Waals surface area contributed by atoms with E-state index in [1.807, 2.05) is 0 Å². The van der Waals surface area contributed by atoms with Gasteiger partial charge in [-0.25, -0.2) is 4.98 Å². The highest BCUT2D eigenvalue weighted by atomic mass is 79.9. The standard InChI is InChI=1S/C17H14BrClN2O4/c18-12-3-1-11(2-4-12)14(22)6-8-17(24)25-10-16(23)21-15-7-5-13(19)9-20-15/h1-5,7,9H,6,8,10H2,(H,20,21,23). The summed E-state index contributed by atoms with van der Waals surface area (Å²) in [7, 11) is 0. The van der Waals surface area contributed by atoms with E-state index < -0.39 is 18.5 Å². The molecule has 0 radical (unpaired) electrons. The van der Waals surface area contributed by atoms with Crippen LogP contribution in [0, 0.1) is 0 Å². The van der Waals surface area contributed by atoms with Crippen molar-refractivity contribution in [3.05, 3.63) is 57.7 Å². The van der Waals surface area contributed by atoms with Crippen LogP contribution in [0.5, 0.6) is 0 Å². The molecule has 0 spiro atoms. The number of nitrogens with zero attached hydrogens (tertiary/aromatic N) is 1. The lowest BCUT2D eigenvalue weighted by atomic mass is 10.1. The molecule has 2 aromatic rings. The highest BCUT2D eigenvalue weighted by Gasteiger charge is 2.12. The van der Waals surface area contributed by atoms with Crippen LogP contribution in [0.1, 0.15) is 23.2 Å². The molecule has 0 saturated heterocycles. The van der Waals surface area contributed by atoms with E-state index in [9.17, 15) is 14.4 Å². The number of aromatic nitrogens is 1. The molecule has 8 heteroatoms. The number of anilines is 1. The highest BCUT2D eigenvalue weighted by molar-refractivity contribution is 9.10. The third-order valence-electron chi connectivity index (χ3n) is 3.08. The van der Waals surface area contributed by atoms with E-state index in [0.717, 1.165) is 4.47 Å². The Morgan fingerprint density at radius 2 is 1.80 bits per heavy atom. The first-order valence-corrected chi connectivity index (χ1v) is 8.47. The van der Waals surface area contributed by atoms with Crippen LogP contribution in [0.15, 0.2) is 47.1 Å². The van der Waals surface area contributed by atoms with E-state index in [2.05, 4.69) is 26.2 Å². The smallest absolute Gasteiger partial charge is 0.306 e. The maximum Gasteiger partial charge on any atom is 0.306 e. The fraction of sp³-hybridized carbons (Fsp3) is 0.176. The first kappa shape index (κ1) is 19.1. The van der Waals surface area contributed by atoms with Gasteiger partial charge in [0, 0.05) is 22.7 Å². The largest absolute Gasteiger partial charge is 0.456 e. The number of nitrogens with one attached hydrogen (secondary N) is 1. The lowest BCUT2D eigenvalue weighted by Gasteiger charge is -2.06. The molecule has 0 unspecified atom stereocenters. The Hall–Kier alpha value is -2.25. The molecule has 0 saturated carbocycles. The Balaban J connectivity index is 1.71. The molecule has 25 heavy (non-hydrogen) atoms. The van der Waals surface area contributed by atoms with Crippen molar-refractivity contribution in [2.24, 2.45) is 0 Å². The molecular formula is C17H14BrClN2O4. The van der Waals surface area contributed by atoms with Crippen molar-refractivity contribution in [2.45, 2.75) is 12.8 Å². The average molecular weight is 426 g/mol. The van der Waals surface area contributed by atoms with Crippen molar-refractivity contribution in [3.8, 4) is 0 Å². The van der Waals surface area contributed by atoms with Crippen LogP contribution in [0.3, 0.4) is 0 Å². The molecular weight excluding hydrogens is 412 g/mol. The maximum atomic E-state index is 11.9. The van der Waals surface area contributed by atoms with Crippen LogP contribution in [-0.2, 0) is 14.3 Å². The number of rotatable bonds is 7. The monoisotopic (exact) mass is 424 g/mol. The molecule has 0 aliphatic rings. The summed E-state index contributed by atoms with van der Waals surface area (Å²) in [6.45, 7) is -0.449. The number of benzene rings is 1. The number of carbonyl (C=O) groups excluding carboxylic acids is 3. The minimum Gasteiger partial charge on any atom is -0.456 e. The summed E-state index contributed by atoms with van der Waals surface area (Å²) >= 11 is 8.97. The van der Waals surface area contributed by atoms with Gasteiger partial charge >= 0.3 is 5.97 Å². The minimum absolute atomic E-state index is 0.0147. The highest BCUT2D eigenvalue weighted by Crippen LogP contribution is 2.13. The molecule has 0 bridgehead atoms. The molecule has 1 N–H and O–H groups in total.